The Kier molecular flexibility index (Phi) is 30.6. The maximum absolute atomic E-state index is 10.1. The lowest BCUT2D eigenvalue weighted by atomic mass is 10.5. The zero-order chi connectivity index (χ0) is 11.1. The quantitative estimate of drug-likeness (QED) is 0.558. The number of aliphatic hydroxyl groups excluding tert-OH is 1. The molecule has 0 radical (unpaired) electrons. The van der Waals surface area contributed by atoms with Gasteiger partial charge in [0.25, 0.3) is 0 Å². The van der Waals surface area contributed by atoms with Gasteiger partial charge in [0.05, 0.1) is 12.5 Å². The molecule has 0 rings (SSSR count). The molecule has 0 aliphatic carbocycles. The van der Waals surface area contributed by atoms with Crippen molar-refractivity contribution in [2.45, 2.75) is 13.3 Å². The maximum Gasteiger partial charge on any atom is 0.310 e. The number of hydrogen-bond acceptors (Lipinski definition) is 3. The lowest BCUT2D eigenvalue weighted by Gasteiger charge is -1.88. The molecule has 1 N–H and O–H groups in total. The Labute approximate surface area is 84.0 Å². The van der Waals surface area contributed by atoms with Crippen molar-refractivity contribution in [2.75, 3.05) is 0 Å². The average Bonchev–Trinajstić information content (AvgIpc) is 2.07. The molecule has 0 aromatic heterocycles. The molecule has 0 spiro atoms. The Balaban J connectivity index is -0.000000140. The van der Waals surface area contributed by atoms with Gasteiger partial charge in [-0.3, -0.25) is 4.79 Å². The summed E-state index contributed by atoms with van der Waals surface area (Å²) in [6.07, 6.45) is 2.29. The van der Waals surface area contributed by atoms with Crippen LogP contribution >= 0.6 is 11.6 Å². The van der Waals surface area contributed by atoms with E-state index in [9.17, 15) is 4.79 Å². The number of aliphatic hydroxyl groups is 1. The van der Waals surface area contributed by atoms with E-state index in [-0.39, 0.29) is 5.97 Å². The van der Waals surface area contributed by atoms with Gasteiger partial charge in [0, 0.05) is 6.42 Å². The van der Waals surface area contributed by atoms with Gasteiger partial charge in [0.15, 0.2) is 0 Å². The fourth-order valence-corrected chi connectivity index (χ4v) is 0.176. The Hall–Kier alpha value is -1.22. The van der Waals surface area contributed by atoms with Crippen LogP contribution in [-0.2, 0) is 9.53 Å². The van der Waals surface area contributed by atoms with Crippen LogP contribution < -0.4 is 0 Å². The Morgan fingerprint density at radius 1 is 1.54 bits per heavy atom. The predicted octanol–water partition coefficient (Wildman–Crippen LogP) is 3.14. The average molecular weight is 207 g/mol. The van der Waals surface area contributed by atoms with Crippen molar-refractivity contribution >= 4 is 17.6 Å². The molecule has 0 saturated heterocycles. The van der Waals surface area contributed by atoms with Crippen LogP contribution in [0.25, 0.3) is 0 Å². The van der Waals surface area contributed by atoms with Crippen molar-refractivity contribution < 1.29 is 14.6 Å². The lowest BCUT2D eigenvalue weighted by molar-refractivity contribution is -0.137. The molecule has 0 heterocycles. The summed E-state index contributed by atoms with van der Waals surface area (Å²) in [7, 11) is 0. The summed E-state index contributed by atoms with van der Waals surface area (Å²) in [5.74, 6) is -0.241. The van der Waals surface area contributed by atoms with Gasteiger partial charge in [-0.2, -0.15) is 0 Å². The van der Waals surface area contributed by atoms with Crippen molar-refractivity contribution in [1.82, 2.24) is 0 Å². The van der Waals surface area contributed by atoms with Crippen LogP contribution in [0.5, 0.6) is 0 Å². The number of carbonyl (C=O) groups is 1. The van der Waals surface area contributed by atoms with Gasteiger partial charge < -0.3 is 9.84 Å². The van der Waals surface area contributed by atoms with Crippen molar-refractivity contribution in [2.24, 2.45) is 0 Å². The minimum absolute atomic E-state index is 0.241. The first-order valence-corrected chi connectivity index (χ1v) is 3.84. The molecule has 0 aliphatic heterocycles. The Morgan fingerprint density at radius 3 is 1.92 bits per heavy atom. The van der Waals surface area contributed by atoms with Gasteiger partial charge in [-0.15, -0.1) is 0 Å². The fourth-order valence-electron chi connectivity index (χ4n) is 0.176. The number of halogens is 1. The minimum Gasteiger partial charge on any atom is -0.516 e. The van der Waals surface area contributed by atoms with Crippen LogP contribution in [0.2, 0.25) is 0 Å². The second-order valence-corrected chi connectivity index (χ2v) is 1.66. The van der Waals surface area contributed by atoms with Crippen LogP contribution in [0.1, 0.15) is 13.3 Å². The van der Waals surface area contributed by atoms with Crippen molar-refractivity contribution in [3.05, 3.63) is 37.8 Å². The van der Waals surface area contributed by atoms with Crippen LogP contribution in [0.4, 0.5) is 0 Å². The number of carbonyl (C=O) groups excluding carboxylic acids is 1. The van der Waals surface area contributed by atoms with Gasteiger partial charge >= 0.3 is 5.97 Å². The largest absolute Gasteiger partial charge is 0.516 e. The zero-order valence-electron chi connectivity index (χ0n) is 7.70. The summed E-state index contributed by atoms with van der Waals surface area (Å²) < 4.78 is 4.32. The summed E-state index contributed by atoms with van der Waals surface area (Å²) in [6, 6.07) is 0. The predicted molar refractivity (Wildman–Crippen MR) is 55.5 cm³/mol. The minimum atomic E-state index is -0.241. The van der Waals surface area contributed by atoms with Crippen LogP contribution in [0, 0.1) is 0 Å². The molecule has 0 atom stereocenters. The molecule has 4 heteroatoms. The first-order chi connectivity index (χ1) is 6.14. The Morgan fingerprint density at radius 2 is 1.85 bits per heavy atom. The monoisotopic (exact) mass is 206 g/mol. The third-order valence-corrected chi connectivity index (χ3v) is 0.503. The molecule has 0 saturated carbocycles. The number of ether oxygens (including phenoxy) is 1. The highest BCUT2D eigenvalue weighted by Crippen LogP contribution is 1.81. The normalized spacial score (nSPS) is 6.00. The number of hydrogen-bond donors (Lipinski definition) is 1. The summed E-state index contributed by atoms with van der Waals surface area (Å²) in [5, 5.41) is 7.33. The smallest absolute Gasteiger partial charge is 0.310 e. The lowest BCUT2D eigenvalue weighted by Crippen LogP contribution is -1.94. The number of esters is 1. The second kappa shape index (κ2) is 22.4. The molecule has 13 heavy (non-hydrogen) atoms. The van der Waals surface area contributed by atoms with Crippen molar-refractivity contribution in [3.8, 4) is 0 Å². The van der Waals surface area contributed by atoms with Gasteiger partial charge in [0.2, 0.25) is 0 Å². The van der Waals surface area contributed by atoms with E-state index in [1.807, 2.05) is 0 Å². The summed E-state index contributed by atoms with van der Waals surface area (Å²) in [4.78, 5) is 10.1. The van der Waals surface area contributed by atoms with Gasteiger partial charge in [-0.05, 0) is 5.54 Å². The fraction of sp³-hybridized carbons (Fsp3) is 0.222. The van der Waals surface area contributed by atoms with Crippen LogP contribution in [0.15, 0.2) is 37.8 Å². The van der Waals surface area contributed by atoms with E-state index < -0.39 is 0 Å². The second-order valence-electron chi connectivity index (χ2n) is 1.35. The van der Waals surface area contributed by atoms with Crippen molar-refractivity contribution in [1.29, 1.82) is 0 Å². The van der Waals surface area contributed by atoms with Crippen molar-refractivity contribution in [3.63, 3.8) is 0 Å². The topological polar surface area (TPSA) is 46.5 Å². The van der Waals surface area contributed by atoms with E-state index in [0.29, 0.717) is 6.42 Å². The molecule has 0 aromatic carbocycles. The molecule has 0 aromatic rings. The van der Waals surface area contributed by atoms with E-state index in [2.05, 4.69) is 24.5 Å². The van der Waals surface area contributed by atoms with E-state index >= 15 is 0 Å². The highest BCUT2D eigenvalue weighted by atomic mass is 35.5. The first kappa shape index (κ1) is 17.8. The third kappa shape index (κ3) is 58.2. The van der Waals surface area contributed by atoms with Gasteiger partial charge in [0.1, 0.15) is 0 Å². The highest BCUT2D eigenvalue weighted by molar-refractivity contribution is 6.25. The summed E-state index contributed by atoms with van der Waals surface area (Å²) in [5.41, 5.74) is 1.22. The summed E-state index contributed by atoms with van der Waals surface area (Å²) in [6.45, 7) is 11.0. The van der Waals surface area contributed by atoms with E-state index in [0.717, 1.165) is 12.5 Å². The van der Waals surface area contributed by atoms with E-state index in [1.165, 1.54) is 5.54 Å². The van der Waals surface area contributed by atoms with Crippen LogP contribution in [0.3, 0.4) is 0 Å². The standard InChI is InChI=1S/C5H8O2.C2H3Cl.C2H4O/c1-3-5(6)7-4-2;2*1-2-3/h4H,2-3H2,1H3;2H,1H2;2-3H,1H2. The molecular formula is C9H15ClO3. The zero-order valence-corrected chi connectivity index (χ0v) is 8.46. The molecule has 0 unspecified atom stereocenters. The molecule has 0 amide bonds. The molecule has 0 bridgehead atoms. The van der Waals surface area contributed by atoms with Crippen LogP contribution in [-0.4, -0.2) is 11.1 Å². The van der Waals surface area contributed by atoms with Gasteiger partial charge in [-0.1, -0.05) is 38.3 Å². The molecule has 0 fully saturated rings. The molecule has 3 nitrogen and oxygen atoms in total. The first-order valence-electron chi connectivity index (χ1n) is 3.41. The molecule has 76 valence electrons. The molecule has 0 aliphatic rings. The number of rotatable bonds is 2. The van der Waals surface area contributed by atoms with Gasteiger partial charge in [-0.25, -0.2) is 0 Å². The molecular weight excluding hydrogens is 192 g/mol. The Bertz CT molecular complexity index is 138. The SMILES string of the molecule is C=CCl.C=CO.C=COC(=O)CC. The third-order valence-electron chi connectivity index (χ3n) is 0.503. The highest BCUT2D eigenvalue weighted by Gasteiger charge is 1.89. The van der Waals surface area contributed by atoms with E-state index in [4.69, 9.17) is 16.7 Å². The maximum atomic E-state index is 10.1. The summed E-state index contributed by atoms with van der Waals surface area (Å²) >= 11 is 4.76. The van der Waals surface area contributed by atoms with E-state index in [1.54, 1.807) is 6.92 Å².